The van der Waals surface area contributed by atoms with Crippen LogP contribution in [0.4, 0.5) is 5.13 Å². The highest BCUT2D eigenvalue weighted by Crippen LogP contribution is 2.32. The van der Waals surface area contributed by atoms with Gasteiger partial charge in [0.1, 0.15) is 0 Å². The minimum absolute atomic E-state index is 0.605. The number of para-hydroxylation sites is 1. The van der Waals surface area contributed by atoms with E-state index in [2.05, 4.69) is 45.1 Å². The van der Waals surface area contributed by atoms with Crippen molar-refractivity contribution in [3.05, 3.63) is 24.3 Å². The molecule has 1 atom stereocenters. The molecule has 3 rings (SSSR count). The third kappa shape index (κ3) is 2.41. The van der Waals surface area contributed by atoms with E-state index < -0.39 is 0 Å². The molecule has 2 aromatic rings. The number of hydrogen-bond acceptors (Lipinski definition) is 3. The summed E-state index contributed by atoms with van der Waals surface area (Å²) in [6, 6.07) is 9.03. The summed E-state index contributed by atoms with van der Waals surface area (Å²) in [4.78, 5) is 7.31. The Morgan fingerprint density at radius 1 is 1.28 bits per heavy atom. The Morgan fingerprint density at radius 3 is 3.00 bits per heavy atom. The topological polar surface area (TPSA) is 16.1 Å². The molecule has 0 spiro atoms. The smallest absolute Gasteiger partial charge is 0.186 e. The fourth-order valence-electron chi connectivity index (χ4n) is 2.57. The van der Waals surface area contributed by atoms with Crippen LogP contribution >= 0.6 is 27.3 Å². The Kier molecular flexibility index (Phi) is 3.85. The number of hydrogen-bond donors (Lipinski definition) is 0. The monoisotopic (exact) mass is 324 g/mol. The van der Waals surface area contributed by atoms with E-state index >= 15 is 0 Å². The summed E-state index contributed by atoms with van der Waals surface area (Å²) in [7, 11) is 0. The number of anilines is 1. The molecule has 1 saturated heterocycles. The van der Waals surface area contributed by atoms with Crippen molar-refractivity contribution in [3.8, 4) is 0 Å². The van der Waals surface area contributed by atoms with Crippen molar-refractivity contribution >= 4 is 42.6 Å². The van der Waals surface area contributed by atoms with Gasteiger partial charge in [0.15, 0.2) is 5.13 Å². The van der Waals surface area contributed by atoms with Crippen molar-refractivity contribution in [2.75, 3.05) is 16.8 Å². The molecule has 4 heteroatoms. The summed E-state index contributed by atoms with van der Waals surface area (Å²) in [6.07, 6.45) is 5.27. The number of alkyl halides is 1. The molecule has 0 bridgehead atoms. The van der Waals surface area contributed by atoms with E-state index in [1.165, 1.54) is 35.5 Å². The van der Waals surface area contributed by atoms with E-state index in [4.69, 9.17) is 4.98 Å². The zero-order valence-corrected chi connectivity index (χ0v) is 12.7. The van der Waals surface area contributed by atoms with E-state index in [0.29, 0.717) is 6.04 Å². The van der Waals surface area contributed by atoms with Crippen LogP contribution < -0.4 is 4.90 Å². The van der Waals surface area contributed by atoms with Crippen LogP contribution in [0.15, 0.2) is 24.3 Å². The number of thiazole rings is 1. The molecule has 1 aliphatic rings. The van der Waals surface area contributed by atoms with Gasteiger partial charge in [-0.25, -0.2) is 4.98 Å². The van der Waals surface area contributed by atoms with Gasteiger partial charge in [-0.1, -0.05) is 52.2 Å². The second kappa shape index (κ2) is 5.57. The second-order valence-corrected chi connectivity index (χ2v) is 6.47. The van der Waals surface area contributed by atoms with E-state index in [1.807, 2.05) is 11.3 Å². The lowest BCUT2D eigenvalue weighted by Gasteiger charge is -2.28. The molecule has 0 N–H and O–H groups in total. The predicted octanol–water partition coefficient (Wildman–Crippen LogP) is 4.44. The van der Waals surface area contributed by atoms with Gasteiger partial charge in [0.25, 0.3) is 0 Å². The van der Waals surface area contributed by atoms with Crippen LogP contribution in [0, 0.1) is 0 Å². The van der Waals surface area contributed by atoms with Crippen LogP contribution in [0.3, 0.4) is 0 Å². The molecule has 2 heterocycles. The maximum Gasteiger partial charge on any atom is 0.186 e. The Balaban J connectivity index is 1.95. The van der Waals surface area contributed by atoms with Gasteiger partial charge in [-0.05, 0) is 25.0 Å². The van der Waals surface area contributed by atoms with Gasteiger partial charge in [-0.15, -0.1) is 0 Å². The first-order chi connectivity index (χ1) is 8.88. The van der Waals surface area contributed by atoms with Crippen LogP contribution in [0.2, 0.25) is 0 Å². The van der Waals surface area contributed by atoms with Gasteiger partial charge in [-0.3, -0.25) is 0 Å². The first-order valence-corrected chi connectivity index (χ1v) is 8.50. The highest BCUT2D eigenvalue weighted by molar-refractivity contribution is 9.09. The lowest BCUT2D eigenvalue weighted by atomic mass is 10.1. The lowest BCUT2D eigenvalue weighted by molar-refractivity contribution is 0.626. The van der Waals surface area contributed by atoms with E-state index in [-0.39, 0.29) is 0 Å². The summed E-state index contributed by atoms with van der Waals surface area (Å²) in [5.41, 5.74) is 1.13. The fraction of sp³-hybridized carbons (Fsp3) is 0.500. The molecule has 2 nitrogen and oxygen atoms in total. The summed E-state index contributed by atoms with van der Waals surface area (Å²) in [5.74, 6) is 0. The van der Waals surface area contributed by atoms with Crippen LogP contribution in [0.25, 0.3) is 10.2 Å². The molecule has 0 amide bonds. The maximum atomic E-state index is 4.80. The van der Waals surface area contributed by atoms with Gasteiger partial charge in [0.2, 0.25) is 0 Å². The van der Waals surface area contributed by atoms with E-state index in [1.54, 1.807) is 0 Å². The SMILES string of the molecule is BrCC1CCCCCN1c1nc2ccccc2s1. The van der Waals surface area contributed by atoms with Crippen LogP contribution in [0.5, 0.6) is 0 Å². The standard InChI is InChI=1S/C14H17BrN2S/c15-10-11-6-2-1-5-9-17(11)14-16-12-7-3-4-8-13(12)18-14/h3-4,7-8,11H,1-2,5-6,9-10H2. The van der Waals surface area contributed by atoms with Crippen molar-refractivity contribution in [1.82, 2.24) is 4.98 Å². The van der Waals surface area contributed by atoms with Gasteiger partial charge in [0.05, 0.1) is 10.2 Å². The molecule has 1 aliphatic heterocycles. The van der Waals surface area contributed by atoms with Gasteiger partial charge in [0, 0.05) is 17.9 Å². The summed E-state index contributed by atoms with van der Waals surface area (Å²) in [6.45, 7) is 1.15. The third-order valence-electron chi connectivity index (χ3n) is 3.58. The Labute approximate surface area is 120 Å². The first-order valence-electron chi connectivity index (χ1n) is 6.56. The fourth-order valence-corrected chi connectivity index (χ4v) is 4.31. The van der Waals surface area contributed by atoms with E-state index in [0.717, 1.165) is 17.4 Å². The highest BCUT2D eigenvalue weighted by Gasteiger charge is 2.22. The average Bonchev–Trinajstić information content (AvgIpc) is 2.68. The molecular formula is C14H17BrN2S. The maximum absolute atomic E-state index is 4.80. The Bertz CT molecular complexity index is 492. The summed E-state index contributed by atoms with van der Waals surface area (Å²) in [5, 5.41) is 2.24. The van der Waals surface area contributed by atoms with Crippen molar-refractivity contribution in [1.29, 1.82) is 0 Å². The minimum Gasteiger partial charge on any atom is -0.344 e. The van der Waals surface area contributed by atoms with Gasteiger partial charge < -0.3 is 4.90 Å². The summed E-state index contributed by atoms with van der Waals surface area (Å²) >= 11 is 5.49. The molecule has 96 valence electrons. The highest BCUT2D eigenvalue weighted by atomic mass is 79.9. The Hall–Kier alpha value is -0.610. The molecule has 0 radical (unpaired) electrons. The number of halogens is 1. The lowest BCUT2D eigenvalue weighted by Crippen LogP contribution is -2.35. The zero-order valence-electron chi connectivity index (χ0n) is 10.3. The molecule has 0 saturated carbocycles. The number of rotatable bonds is 2. The van der Waals surface area contributed by atoms with E-state index in [9.17, 15) is 0 Å². The van der Waals surface area contributed by atoms with Gasteiger partial charge in [-0.2, -0.15) is 0 Å². The van der Waals surface area contributed by atoms with Crippen LogP contribution in [-0.4, -0.2) is 22.9 Å². The zero-order chi connectivity index (χ0) is 12.4. The number of fused-ring (bicyclic) bond motifs is 1. The first kappa shape index (κ1) is 12.4. The molecular weight excluding hydrogens is 308 g/mol. The Morgan fingerprint density at radius 2 is 2.17 bits per heavy atom. The average molecular weight is 325 g/mol. The van der Waals surface area contributed by atoms with Crippen molar-refractivity contribution < 1.29 is 0 Å². The normalized spacial score (nSPS) is 21.2. The molecule has 18 heavy (non-hydrogen) atoms. The van der Waals surface area contributed by atoms with Crippen molar-refractivity contribution in [3.63, 3.8) is 0 Å². The van der Waals surface area contributed by atoms with Crippen LogP contribution in [-0.2, 0) is 0 Å². The van der Waals surface area contributed by atoms with Gasteiger partial charge >= 0.3 is 0 Å². The molecule has 1 fully saturated rings. The molecule has 1 unspecified atom stereocenters. The second-order valence-electron chi connectivity index (χ2n) is 4.82. The molecule has 1 aromatic carbocycles. The predicted molar refractivity (Wildman–Crippen MR) is 83.0 cm³/mol. The number of nitrogens with zero attached hydrogens (tertiary/aromatic N) is 2. The largest absolute Gasteiger partial charge is 0.344 e. The third-order valence-corrected chi connectivity index (χ3v) is 5.40. The minimum atomic E-state index is 0.605. The molecule has 1 aromatic heterocycles. The number of benzene rings is 1. The summed E-state index contributed by atoms with van der Waals surface area (Å²) < 4.78 is 1.30. The number of aromatic nitrogens is 1. The van der Waals surface area contributed by atoms with Crippen molar-refractivity contribution in [2.24, 2.45) is 0 Å². The quantitative estimate of drug-likeness (QED) is 0.759. The van der Waals surface area contributed by atoms with Crippen LogP contribution in [0.1, 0.15) is 25.7 Å². The molecule has 0 aliphatic carbocycles. The van der Waals surface area contributed by atoms with Crippen molar-refractivity contribution in [2.45, 2.75) is 31.7 Å².